The van der Waals surface area contributed by atoms with Gasteiger partial charge < -0.3 is 9.84 Å². The molecule has 0 saturated heterocycles. The van der Waals surface area contributed by atoms with Crippen LogP contribution in [0.3, 0.4) is 0 Å². The van der Waals surface area contributed by atoms with Gasteiger partial charge in [-0.3, -0.25) is 5.32 Å². The van der Waals surface area contributed by atoms with E-state index in [2.05, 4.69) is 11.4 Å². The first-order chi connectivity index (χ1) is 7.81. The SMILES string of the molecule is COCc1ccc(C(C#N)NCCO)cc1. The topological polar surface area (TPSA) is 65.3 Å². The van der Waals surface area contributed by atoms with E-state index in [9.17, 15) is 0 Å². The molecule has 0 aliphatic carbocycles. The van der Waals surface area contributed by atoms with Gasteiger partial charge in [-0.05, 0) is 11.1 Å². The van der Waals surface area contributed by atoms with Crippen LogP contribution in [0.2, 0.25) is 0 Å². The molecule has 0 fully saturated rings. The van der Waals surface area contributed by atoms with Crippen LogP contribution in [0.15, 0.2) is 24.3 Å². The lowest BCUT2D eigenvalue weighted by atomic mass is 10.1. The molecule has 0 aromatic heterocycles. The quantitative estimate of drug-likeness (QED) is 0.750. The summed E-state index contributed by atoms with van der Waals surface area (Å²) >= 11 is 0. The fourth-order valence-electron chi connectivity index (χ4n) is 1.42. The third-order valence-corrected chi connectivity index (χ3v) is 2.21. The van der Waals surface area contributed by atoms with E-state index in [4.69, 9.17) is 15.1 Å². The van der Waals surface area contributed by atoms with E-state index in [0.29, 0.717) is 13.2 Å². The average molecular weight is 220 g/mol. The summed E-state index contributed by atoms with van der Waals surface area (Å²) in [6.45, 7) is 1.01. The molecule has 16 heavy (non-hydrogen) atoms. The first-order valence-corrected chi connectivity index (χ1v) is 5.13. The van der Waals surface area contributed by atoms with Gasteiger partial charge in [0.1, 0.15) is 6.04 Å². The number of hydrogen-bond acceptors (Lipinski definition) is 4. The molecule has 1 aromatic carbocycles. The fraction of sp³-hybridized carbons (Fsp3) is 0.417. The highest BCUT2D eigenvalue weighted by Crippen LogP contribution is 2.13. The van der Waals surface area contributed by atoms with Crippen LogP contribution in [0.1, 0.15) is 17.2 Å². The van der Waals surface area contributed by atoms with Crippen molar-refractivity contribution in [1.29, 1.82) is 5.26 Å². The zero-order valence-electron chi connectivity index (χ0n) is 9.31. The maximum Gasteiger partial charge on any atom is 0.121 e. The molecule has 0 bridgehead atoms. The van der Waals surface area contributed by atoms with Gasteiger partial charge in [0, 0.05) is 13.7 Å². The molecule has 0 aliphatic rings. The Morgan fingerprint density at radius 2 is 2.12 bits per heavy atom. The monoisotopic (exact) mass is 220 g/mol. The maximum atomic E-state index is 8.96. The van der Waals surface area contributed by atoms with Crippen molar-refractivity contribution < 1.29 is 9.84 Å². The van der Waals surface area contributed by atoms with Crippen molar-refractivity contribution in [3.63, 3.8) is 0 Å². The number of methoxy groups -OCH3 is 1. The van der Waals surface area contributed by atoms with Gasteiger partial charge in [-0.2, -0.15) is 5.26 Å². The Bertz CT molecular complexity index is 343. The van der Waals surface area contributed by atoms with Gasteiger partial charge in [-0.1, -0.05) is 24.3 Å². The van der Waals surface area contributed by atoms with Gasteiger partial charge in [0.25, 0.3) is 0 Å². The molecule has 86 valence electrons. The lowest BCUT2D eigenvalue weighted by Crippen LogP contribution is -2.23. The number of aliphatic hydroxyl groups is 1. The second-order valence-corrected chi connectivity index (χ2v) is 3.41. The van der Waals surface area contributed by atoms with E-state index < -0.39 is 0 Å². The number of nitrogens with zero attached hydrogens (tertiary/aromatic N) is 1. The molecule has 2 N–H and O–H groups in total. The summed E-state index contributed by atoms with van der Waals surface area (Å²) in [5, 5.41) is 20.6. The van der Waals surface area contributed by atoms with Gasteiger partial charge in [-0.25, -0.2) is 0 Å². The molecule has 0 amide bonds. The number of hydrogen-bond donors (Lipinski definition) is 2. The largest absolute Gasteiger partial charge is 0.395 e. The number of nitrogens with one attached hydrogen (secondary N) is 1. The minimum Gasteiger partial charge on any atom is -0.395 e. The summed E-state index contributed by atoms with van der Waals surface area (Å²) in [6.07, 6.45) is 0. The number of nitriles is 1. The summed E-state index contributed by atoms with van der Waals surface area (Å²) in [7, 11) is 1.65. The minimum absolute atomic E-state index is 0.0277. The lowest BCUT2D eigenvalue weighted by molar-refractivity contribution is 0.185. The van der Waals surface area contributed by atoms with Crippen molar-refractivity contribution in [3.8, 4) is 6.07 Å². The molecule has 4 nitrogen and oxygen atoms in total. The molecule has 1 aromatic rings. The van der Waals surface area contributed by atoms with Gasteiger partial charge in [0.15, 0.2) is 0 Å². The maximum absolute atomic E-state index is 8.96. The van der Waals surface area contributed by atoms with Crippen LogP contribution in [-0.4, -0.2) is 25.4 Å². The predicted octanol–water partition coefficient (Wildman–Crippen LogP) is 0.980. The summed E-state index contributed by atoms with van der Waals surface area (Å²) < 4.78 is 5.01. The predicted molar refractivity (Wildman–Crippen MR) is 60.6 cm³/mol. The highest BCUT2D eigenvalue weighted by Gasteiger charge is 2.08. The van der Waals surface area contributed by atoms with Crippen LogP contribution in [0.25, 0.3) is 0 Å². The first kappa shape index (κ1) is 12.7. The van der Waals surface area contributed by atoms with Crippen LogP contribution in [0, 0.1) is 11.3 Å². The molecule has 0 saturated carbocycles. The van der Waals surface area contributed by atoms with Crippen LogP contribution in [-0.2, 0) is 11.3 Å². The molecule has 1 atom stereocenters. The summed E-state index contributed by atoms with van der Waals surface area (Å²) in [4.78, 5) is 0. The van der Waals surface area contributed by atoms with Crippen molar-refractivity contribution >= 4 is 0 Å². The highest BCUT2D eigenvalue weighted by atomic mass is 16.5. The summed E-state index contributed by atoms with van der Waals surface area (Å²) in [6, 6.07) is 9.44. The van der Waals surface area contributed by atoms with E-state index in [1.165, 1.54) is 0 Å². The summed E-state index contributed by atoms with van der Waals surface area (Å²) in [5.74, 6) is 0. The van der Waals surface area contributed by atoms with Crippen molar-refractivity contribution in [1.82, 2.24) is 5.32 Å². The normalized spacial score (nSPS) is 12.1. The van der Waals surface area contributed by atoms with Crippen molar-refractivity contribution in [2.24, 2.45) is 0 Å². The van der Waals surface area contributed by atoms with E-state index in [0.717, 1.165) is 11.1 Å². The zero-order chi connectivity index (χ0) is 11.8. The van der Waals surface area contributed by atoms with Gasteiger partial charge >= 0.3 is 0 Å². The Morgan fingerprint density at radius 1 is 1.44 bits per heavy atom. The number of benzene rings is 1. The van der Waals surface area contributed by atoms with Crippen molar-refractivity contribution in [2.45, 2.75) is 12.6 Å². The molecular weight excluding hydrogens is 204 g/mol. The van der Waals surface area contributed by atoms with E-state index in [1.54, 1.807) is 7.11 Å². The van der Waals surface area contributed by atoms with Crippen LogP contribution in [0.4, 0.5) is 0 Å². The lowest BCUT2D eigenvalue weighted by Gasteiger charge is -2.11. The van der Waals surface area contributed by atoms with E-state index in [1.807, 2.05) is 24.3 Å². The van der Waals surface area contributed by atoms with Gasteiger partial charge in [-0.15, -0.1) is 0 Å². The van der Waals surface area contributed by atoms with Crippen LogP contribution in [0.5, 0.6) is 0 Å². The molecular formula is C12H16N2O2. The molecule has 0 radical (unpaired) electrons. The van der Waals surface area contributed by atoms with E-state index >= 15 is 0 Å². The average Bonchev–Trinajstić information content (AvgIpc) is 2.32. The number of ether oxygens (including phenoxy) is 1. The minimum atomic E-state index is -0.372. The third-order valence-electron chi connectivity index (χ3n) is 2.21. The smallest absolute Gasteiger partial charge is 0.121 e. The van der Waals surface area contributed by atoms with Gasteiger partial charge in [0.2, 0.25) is 0 Å². The molecule has 4 heteroatoms. The summed E-state index contributed by atoms with van der Waals surface area (Å²) in [5.41, 5.74) is 1.97. The Kier molecular flexibility index (Phi) is 5.51. The van der Waals surface area contributed by atoms with Crippen LogP contribution >= 0.6 is 0 Å². The standard InChI is InChI=1S/C12H16N2O2/c1-16-9-10-2-4-11(5-3-10)12(8-13)14-6-7-15/h2-5,12,14-15H,6-7,9H2,1H3. The molecule has 1 rings (SSSR count). The Labute approximate surface area is 95.5 Å². The number of rotatable bonds is 6. The van der Waals surface area contributed by atoms with Crippen LogP contribution < -0.4 is 5.32 Å². The Balaban J connectivity index is 2.67. The molecule has 0 heterocycles. The molecule has 0 aliphatic heterocycles. The Morgan fingerprint density at radius 3 is 2.62 bits per heavy atom. The second-order valence-electron chi connectivity index (χ2n) is 3.41. The van der Waals surface area contributed by atoms with Crippen molar-refractivity contribution in [2.75, 3.05) is 20.3 Å². The highest BCUT2D eigenvalue weighted by molar-refractivity contribution is 5.27. The first-order valence-electron chi connectivity index (χ1n) is 5.13. The Hall–Kier alpha value is -1.41. The number of aliphatic hydroxyl groups excluding tert-OH is 1. The van der Waals surface area contributed by atoms with Crippen molar-refractivity contribution in [3.05, 3.63) is 35.4 Å². The molecule has 0 spiro atoms. The second kappa shape index (κ2) is 6.96. The zero-order valence-corrected chi connectivity index (χ0v) is 9.31. The molecule has 1 unspecified atom stereocenters. The van der Waals surface area contributed by atoms with E-state index in [-0.39, 0.29) is 12.6 Å². The van der Waals surface area contributed by atoms with Gasteiger partial charge in [0.05, 0.1) is 19.3 Å². The third kappa shape index (κ3) is 3.63. The fourth-order valence-corrected chi connectivity index (χ4v) is 1.42.